The van der Waals surface area contributed by atoms with Gasteiger partial charge in [0.05, 0.1) is 10.6 Å². The van der Waals surface area contributed by atoms with Crippen LogP contribution in [-0.4, -0.2) is 21.0 Å². The Morgan fingerprint density at radius 2 is 2.29 bits per heavy atom. The maximum atomic E-state index is 10.4. The zero-order valence-electron chi connectivity index (χ0n) is 6.95. The van der Waals surface area contributed by atoms with E-state index in [0.29, 0.717) is 0 Å². The molecule has 7 heteroatoms. The molecule has 3 N–H and O–H groups in total. The summed E-state index contributed by atoms with van der Waals surface area (Å²) in [6.07, 6.45) is 0.970. The van der Waals surface area contributed by atoms with Crippen molar-refractivity contribution in [3.63, 3.8) is 0 Å². The van der Waals surface area contributed by atoms with Crippen LogP contribution < -0.4 is 5.73 Å². The van der Waals surface area contributed by atoms with E-state index in [2.05, 4.69) is 4.98 Å². The van der Waals surface area contributed by atoms with Crippen LogP contribution in [0.5, 0.6) is 0 Å². The van der Waals surface area contributed by atoms with Crippen LogP contribution in [0.15, 0.2) is 18.3 Å². The van der Waals surface area contributed by atoms with Gasteiger partial charge < -0.3 is 10.8 Å². The molecular formula is C7H7N3O4. The second kappa shape index (κ2) is 3.79. The van der Waals surface area contributed by atoms with Gasteiger partial charge in [0.25, 0.3) is 5.69 Å². The fourth-order valence-corrected chi connectivity index (χ4v) is 0.816. The SMILES string of the molecule is NC(C(=O)O)c1ccc([N+](=O)[O-])cn1. The molecule has 1 aromatic heterocycles. The van der Waals surface area contributed by atoms with Crippen molar-refractivity contribution in [2.24, 2.45) is 5.73 Å². The highest BCUT2D eigenvalue weighted by atomic mass is 16.6. The van der Waals surface area contributed by atoms with E-state index in [1.807, 2.05) is 0 Å². The topological polar surface area (TPSA) is 119 Å². The molecule has 14 heavy (non-hydrogen) atoms. The molecule has 0 aliphatic rings. The lowest BCUT2D eigenvalue weighted by Gasteiger charge is -2.03. The number of rotatable bonds is 3. The van der Waals surface area contributed by atoms with Gasteiger partial charge in [-0.3, -0.25) is 19.9 Å². The quantitative estimate of drug-likeness (QED) is 0.522. The standard InChI is InChI=1S/C7H7N3O4/c8-6(7(11)12)5-2-1-4(3-9-5)10(13)14/h1-3,6H,8H2,(H,11,12). The van der Waals surface area contributed by atoms with Crippen LogP contribution >= 0.6 is 0 Å². The molecule has 0 aliphatic heterocycles. The van der Waals surface area contributed by atoms with Crippen LogP contribution in [-0.2, 0) is 4.79 Å². The number of pyridine rings is 1. The number of hydrogen-bond acceptors (Lipinski definition) is 5. The van der Waals surface area contributed by atoms with Gasteiger partial charge in [-0.2, -0.15) is 0 Å². The fraction of sp³-hybridized carbons (Fsp3) is 0.143. The summed E-state index contributed by atoms with van der Waals surface area (Å²) in [6.45, 7) is 0. The van der Waals surface area contributed by atoms with Crippen molar-refractivity contribution in [1.82, 2.24) is 4.98 Å². The molecule has 0 saturated heterocycles. The Balaban J connectivity index is 2.94. The molecule has 0 fully saturated rings. The second-order valence-corrected chi connectivity index (χ2v) is 2.51. The predicted octanol–water partition coefficient (Wildman–Crippen LogP) is 0.0742. The van der Waals surface area contributed by atoms with Gasteiger partial charge in [-0.1, -0.05) is 0 Å². The average Bonchev–Trinajstić information content (AvgIpc) is 2.16. The van der Waals surface area contributed by atoms with Crippen molar-refractivity contribution in [3.8, 4) is 0 Å². The van der Waals surface area contributed by atoms with E-state index in [4.69, 9.17) is 10.8 Å². The summed E-state index contributed by atoms with van der Waals surface area (Å²) < 4.78 is 0. The van der Waals surface area contributed by atoms with Crippen molar-refractivity contribution in [2.45, 2.75) is 6.04 Å². The number of nitrogens with zero attached hydrogens (tertiary/aromatic N) is 2. The van der Waals surface area contributed by atoms with Crippen molar-refractivity contribution in [2.75, 3.05) is 0 Å². The Hall–Kier alpha value is -2.02. The van der Waals surface area contributed by atoms with Gasteiger partial charge >= 0.3 is 5.97 Å². The predicted molar refractivity (Wildman–Crippen MR) is 45.5 cm³/mol. The summed E-state index contributed by atoms with van der Waals surface area (Å²) in [5, 5.41) is 18.7. The molecule has 0 radical (unpaired) electrons. The third-order valence-corrected chi connectivity index (χ3v) is 1.57. The van der Waals surface area contributed by atoms with Crippen molar-refractivity contribution in [1.29, 1.82) is 0 Å². The highest BCUT2D eigenvalue weighted by Crippen LogP contribution is 2.12. The van der Waals surface area contributed by atoms with Gasteiger partial charge in [0, 0.05) is 6.07 Å². The zero-order valence-corrected chi connectivity index (χ0v) is 6.95. The molecule has 0 amide bonds. The average molecular weight is 197 g/mol. The lowest BCUT2D eigenvalue weighted by atomic mass is 10.2. The third-order valence-electron chi connectivity index (χ3n) is 1.57. The number of carboxylic acids is 1. The van der Waals surface area contributed by atoms with Gasteiger partial charge in [-0.15, -0.1) is 0 Å². The van der Waals surface area contributed by atoms with E-state index in [1.165, 1.54) is 6.07 Å². The largest absolute Gasteiger partial charge is 0.480 e. The summed E-state index contributed by atoms with van der Waals surface area (Å²) in [5.74, 6) is -1.23. The van der Waals surface area contributed by atoms with Gasteiger partial charge in [0.2, 0.25) is 0 Å². The maximum absolute atomic E-state index is 10.4. The summed E-state index contributed by atoms with van der Waals surface area (Å²) in [4.78, 5) is 23.6. The first-order valence-electron chi connectivity index (χ1n) is 3.61. The molecule has 0 saturated carbocycles. The minimum absolute atomic E-state index is 0.0862. The van der Waals surface area contributed by atoms with Gasteiger partial charge in [0.15, 0.2) is 0 Å². The maximum Gasteiger partial charge on any atom is 0.326 e. The molecule has 1 unspecified atom stereocenters. The van der Waals surface area contributed by atoms with Gasteiger partial charge in [-0.25, -0.2) is 0 Å². The van der Waals surface area contributed by atoms with Gasteiger partial charge in [0.1, 0.15) is 12.2 Å². The number of nitrogens with two attached hydrogens (primary N) is 1. The Labute approximate surface area is 78.3 Å². The molecule has 7 nitrogen and oxygen atoms in total. The number of hydrogen-bond donors (Lipinski definition) is 2. The molecule has 74 valence electrons. The zero-order chi connectivity index (χ0) is 10.7. The highest BCUT2D eigenvalue weighted by Gasteiger charge is 2.16. The molecule has 1 rings (SSSR count). The van der Waals surface area contributed by atoms with E-state index in [-0.39, 0.29) is 11.4 Å². The Bertz CT molecular complexity index is 362. The molecule has 0 aliphatic carbocycles. The number of carbonyl (C=O) groups is 1. The van der Waals surface area contributed by atoms with Crippen LogP contribution in [0.25, 0.3) is 0 Å². The number of aliphatic carboxylic acids is 1. The molecule has 0 bridgehead atoms. The highest BCUT2D eigenvalue weighted by molar-refractivity contribution is 5.74. The Kier molecular flexibility index (Phi) is 2.73. The van der Waals surface area contributed by atoms with Crippen molar-refractivity contribution < 1.29 is 14.8 Å². The first-order chi connectivity index (χ1) is 6.52. The minimum atomic E-state index is -1.25. The van der Waals surface area contributed by atoms with Crippen LogP contribution in [0.2, 0.25) is 0 Å². The second-order valence-electron chi connectivity index (χ2n) is 2.51. The molecular weight excluding hydrogens is 190 g/mol. The molecule has 0 spiro atoms. The minimum Gasteiger partial charge on any atom is -0.480 e. The van der Waals surface area contributed by atoms with Crippen LogP contribution in [0.3, 0.4) is 0 Å². The fourth-order valence-electron chi connectivity index (χ4n) is 0.816. The van der Waals surface area contributed by atoms with E-state index in [0.717, 1.165) is 12.3 Å². The van der Waals surface area contributed by atoms with E-state index >= 15 is 0 Å². The Morgan fingerprint density at radius 1 is 1.64 bits per heavy atom. The number of carboxylic acid groups (broad SMARTS) is 1. The molecule has 0 aromatic carbocycles. The van der Waals surface area contributed by atoms with Crippen molar-refractivity contribution >= 4 is 11.7 Å². The summed E-state index contributed by atoms with van der Waals surface area (Å²) in [7, 11) is 0. The monoisotopic (exact) mass is 197 g/mol. The summed E-state index contributed by atoms with van der Waals surface area (Å²) >= 11 is 0. The summed E-state index contributed by atoms with van der Waals surface area (Å²) in [6, 6.07) is 1.12. The van der Waals surface area contributed by atoms with E-state index in [1.54, 1.807) is 0 Å². The third kappa shape index (κ3) is 2.02. The number of aromatic nitrogens is 1. The van der Waals surface area contributed by atoms with Crippen LogP contribution in [0.4, 0.5) is 5.69 Å². The van der Waals surface area contributed by atoms with Crippen LogP contribution in [0.1, 0.15) is 11.7 Å². The summed E-state index contributed by atoms with van der Waals surface area (Å²) in [5.41, 5.74) is 5.12. The molecule has 1 atom stereocenters. The van der Waals surface area contributed by atoms with E-state index in [9.17, 15) is 14.9 Å². The molecule has 1 heterocycles. The van der Waals surface area contributed by atoms with Crippen molar-refractivity contribution in [3.05, 3.63) is 34.1 Å². The normalized spacial score (nSPS) is 12.1. The number of nitro groups is 1. The van der Waals surface area contributed by atoms with Gasteiger partial charge in [-0.05, 0) is 6.07 Å². The lowest BCUT2D eigenvalue weighted by molar-refractivity contribution is -0.385. The Morgan fingerprint density at radius 3 is 2.64 bits per heavy atom. The van der Waals surface area contributed by atoms with Crippen LogP contribution in [0, 0.1) is 10.1 Å². The van der Waals surface area contributed by atoms with E-state index < -0.39 is 16.9 Å². The molecule has 1 aromatic rings. The first kappa shape index (κ1) is 10.1. The lowest BCUT2D eigenvalue weighted by Crippen LogP contribution is -2.21. The first-order valence-corrected chi connectivity index (χ1v) is 3.61. The smallest absolute Gasteiger partial charge is 0.326 e.